The summed E-state index contributed by atoms with van der Waals surface area (Å²) in [5.74, 6) is -0.675. The molecule has 0 atom stereocenters. The van der Waals surface area contributed by atoms with Crippen LogP contribution in [-0.4, -0.2) is 44.3 Å². The number of esters is 3. The summed E-state index contributed by atoms with van der Waals surface area (Å²) in [6.07, 6.45) is 13.3. The summed E-state index contributed by atoms with van der Waals surface area (Å²) in [6, 6.07) is 20.3. The molecule has 0 unspecified atom stereocenters. The quantitative estimate of drug-likeness (QED) is 0.0334. The maximum Gasteiger partial charge on any atom is 0.333 e. The van der Waals surface area contributed by atoms with Crippen LogP contribution >= 0.6 is 0 Å². The third-order valence-corrected chi connectivity index (χ3v) is 12.5. The van der Waals surface area contributed by atoms with E-state index in [4.69, 9.17) is 18.9 Å². The maximum atomic E-state index is 16.4. The Morgan fingerprint density at radius 3 is 1.74 bits per heavy atom. The largest absolute Gasteiger partial charge is 0.492 e. The minimum Gasteiger partial charge on any atom is -0.492 e. The van der Waals surface area contributed by atoms with Gasteiger partial charge in [0.05, 0.1) is 12.1 Å². The molecule has 352 valence electrons. The lowest BCUT2D eigenvalue weighted by molar-refractivity contribution is -0.159. The molecule has 1 aliphatic carbocycles. The van der Waals surface area contributed by atoms with Crippen LogP contribution in [0.1, 0.15) is 140 Å². The Kier molecular flexibility index (Phi) is 20.9. The molecule has 1 aliphatic rings. The molecule has 0 heterocycles. The highest BCUT2D eigenvalue weighted by Crippen LogP contribution is 2.41. The summed E-state index contributed by atoms with van der Waals surface area (Å²) >= 11 is 0. The van der Waals surface area contributed by atoms with E-state index in [-0.39, 0.29) is 49.0 Å². The molecule has 66 heavy (non-hydrogen) atoms. The van der Waals surface area contributed by atoms with E-state index in [0.29, 0.717) is 62.2 Å². The number of hydrogen-bond donors (Lipinski definition) is 0. The molecule has 0 spiro atoms. The van der Waals surface area contributed by atoms with Gasteiger partial charge < -0.3 is 18.9 Å². The fourth-order valence-electron chi connectivity index (χ4n) is 8.48. The van der Waals surface area contributed by atoms with Crippen molar-refractivity contribution in [2.24, 2.45) is 11.3 Å². The highest BCUT2D eigenvalue weighted by atomic mass is 19.1. The van der Waals surface area contributed by atoms with Crippen LogP contribution in [-0.2, 0) is 47.9 Å². The monoisotopic (exact) mass is 901 g/mol. The zero-order chi connectivity index (χ0) is 48.2. The molecule has 3 aromatic carbocycles. The zero-order valence-electron chi connectivity index (χ0n) is 40.0. The predicted molar refractivity (Wildman–Crippen MR) is 258 cm³/mol. The van der Waals surface area contributed by atoms with Crippen molar-refractivity contribution in [3.63, 3.8) is 0 Å². The molecule has 0 radical (unpaired) electrons. The number of aryl methyl sites for hydroxylation is 3. The number of halogens is 1. The van der Waals surface area contributed by atoms with Crippen molar-refractivity contribution in [1.82, 2.24) is 0 Å². The lowest BCUT2D eigenvalue weighted by atomic mass is 9.76. The van der Waals surface area contributed by atoms with Gasteiger partial charge in [0, 0.05) is 35.1 Å². The minimum absolute atomic E-state index is 0.146. The summed E-state index contributed by atoms with van der Waals surface area (Å²) in [4.78, 5) is 38.0. The van der Waals surface area contributed by atoms with Crippen LogP contribution in [0.25, 0.3) is 22.3 Å². The molecule has 1 fully saturated rings. The van der Waals surface area contributed by atoms with Crippen LogP contribution in [0.15, 0.2) is 85.0 Å². The number of nitrogens with zero attached hydrogens (tertiary/aromatic N) is 2. The van der Waals surface area contributed by atoms with Gasteiger partial charge in [-0.2, -0.15) is 10.5 Å². The first-order chi connectivity index (χ1) is 31.6. The van der Waals surface area contributed by atoms with Gasteiger partial charge in [-0.3, -0.25) is 0 Å². The lowest BCUT2D eigenvalue weighted by Gasteiger charge is -2.32. The van der Waals surface area contributed by atoms with Gasteiger partial charge in [0.2, 0.25) is 0 Å². The Morgan fingerprint density at radius 1 is 0.667 bits per heavy atom. The van der Waals surface area contributed by atoms with Gasteiger partial charge in [-0.05, 0) is 148 Å². The molecule has 4 rings (SSSR count). The smallest absolute Gasteiger partial charge is 0.333 e. The molecule has 0 bridgehead atoms. The van der Waals surface area contributed by atoms with Gasteiger partial charge >= 0.3 is 17.9 Å². The average Bonchev–Trinajstić information content (AvgIpc) is 3.31. The number of carbonyl (C=O) groups is 3. The van der Waals surface area contributed by atoms with Crippen LogP contribution < -0.4 is 4.74 Å². The number of benzene rings is 3. The van der Waals surface area contributed by atoms with Gasteiger partial charge in [0.15, 0.2) is 0 Å². The van der Waals surface area contributed by atoms with E-state index in [9.17, 15) is 24.9 Å². The van der Waals surface area contributed by atoms with Gasteiger partial charge in [0.1, 0.15) is 43.4 Å². The Balaban J connectivity index is 1.74. The van der Waals surface area contributed by atoms with E-state index in [1.807, 2.05) is 24.3 Å². The van der Waals surface area contributed by atoms with Crippen LogP contribution in [0, 0.1) is 39.8 Å². The van der Waals surface area contributed by atoms with E-state index >= 15 is 4.39 Å². The van der Waals surface area contributed by atoms with Gasteiger partial charge in [-0.15, -0.1) is 0 Å². The number of unbranched alkanes of at least 4 members (excludes halogenated alkanes) is 4. The van der Waals surface area contributed by atoms with Crippen molar-refractivity contribution < 1.29 is 37.7 Å². The summed E-state index contributed by atoms with van der Waals surface area (Å²) in [5, 5.41) is 19.0. The second-order valence-electron chi connectivity index (χ2n) is 18.2. The van der Waals surface area contributed by atoms with Crippen molar-refractivity contribution in [2.75, 3.05) is 26.4 Å². The molecule has 10 heteroatoms. The Morgan fingerprint density at radius 2 is 1.23 bits per heavy atom. The van der Waals surface area contributed by atoms with Crippen molar-refractivity contribution in [3.8, 4) is 40.1 Å². The van der Waals surface area contributed by atoms with Gasteiger partial charge in [0.25, 0.3) is 0 Å². The van der Waals surface area contributed by atoms with Gasteiger partial charge in [-0.25, -0.2) is 18.8 Å². The van der Waals surface area contributed by atoms with Crippen LogP contribution in [0.4, 0.5) is 4.39 Å². The van der Waals surface area contributed by atoms with E-state index in [2.05, 4.69) is 63.9 Å². The van der Waals surface area contributed by atoms with E-state index in [1.165, 1.54) is 59.3 Å². The summed E-state index contributed by atoms with van der Waals surface area (Å²) in [7, 11) is 0. The number of rotatable bonds is 26. The van der Waals surface area contributed by atoms with Crippen LogP contribution in [0.3, 0.4) is 0 Å². The molecule has 9 nitrogen and oxygen atoms in total. The summed E-state index contributed by atoms with van der Waals surface area (Å²) in [5.41, 5.74) is 6.15. The summed E-state index contributed by atoms with van der Waals surface area (Å²) < 4.78 is 39.6. The Hall–Kier alpha value is -6.00. The molecule has 1 saturated carbocycles. The standard InChI is InChI=1S/C56H69FN2O7/c1-9-11-12-17-41-20-22-43(23-21-41)44-24-26-48(51(57)33-44)50-32-45(18-13-15-28-58)49(31-42(50)10-2)46-25-27-52(47(30-46)19-14-16-29-59)63-34-56(35-64-53(60)38(3)4,36-65-54(61)39(5)6)37-66-55(62)40(7)8/h24-27,30-33,41,43H,3,5,7,9-23,34-37H2,1-2,4,6,8H3. The average molecular weight is 901 g/mol. The molecule has 0 saturated heterocycles. The maximum absolute atomic E-state index is 16.4. The normalized spacial score (nSPS) is 14.6. The SMILES string of the molecule is C=C(C)C(=O)OCC(COC(=O)C(=C)C)(COC(=O)C(=C)C)COc1ccc(-c2cc(CC)c(-c3ccc(C4CCC(CCCCC)CC4)cc3F)cc2CCCC#N)cc1CCCC#N. The molecule has 0 amide bonds. The molecule has 3 aromatic rings. The summed E-state index contributed by atoms with van der Waals surface area (Å²) in [6.45, 7) is 18.5. The highest BCUT2D eigenvalue weighted by molar-refractivity contribution is 5.88. The first-order valence-electron chi connectivity index (χ1n) is 23.6. The first-order valence-corrected chi connectivity index (χ1v) is 23.6. The number of hydrogen-bond acceptors (Lipinski definition) is 9. The molecular weight excluding hydrogens is 832 g/mol. The topological polar surface area (TPSA) is 136 Å². The molecular formula is C56H69FN2O7. The fraction of sp³-hybridized carbons (Fsp3) is 0.482. The van der Waals surface area contributed by atoms with Gasteiger partial charge in [-0.1, -0.05) is 89.6 Å². The second-order valence-corrected chi connectivity index (χ2v) is 18.2. The third kappa shape index (κ3) is 15.3. The number of carbonyl (C=O) groups excluding carboxylic acids is 3. The number of nitriles is 2. The molecule has 0 N–H and O–H groups in total. The molecule has 0 aromatic heterocycles. The van der Waals surface area contributed by atoms with Crippen molar-refractivity contribution in [3.05, 3.63) is 113 Å². The van der Waals surface area contributed by atoms with Crippen molar-refractivity contribution in [1.29, 1.82) is 10.5 Å². The van der Waals surface area contributed by atoms with E-state index in [1.54, 1.807) is 6.07 Å². The predicted octanol–water partition coefficient (Wildman–Crippen LogP) is 13.0. The Bertz CT molecular complexity index is 2220. The number of ether oxygens (including phenoxy) is 4. The van der Waals surface area contributed by atoms with E-state index < -0.39 is 23.3 Å². The van der Waals surface area contributed by atoms with Crippen LogP contribution in [0.5, 0.6) is 5.75 Å². The highest BCUT2D eigenvalue weighted by Gasteiger charge is 2.38. The Labute approximate surface area is 392 Å². The zero-order valence-corrected chi connectivity index (χ0v) is 40.0. The minimum atomic E-state index is -1.37. The lowest BCUT2D eigenvalue weighted by Crippen LogP contribution is -2.44. The second kappa shape index (κ2) is 26.2. The third-order valence-electron chi connectivity index (χ3n) is 12.5. The van der Waals surface area contributed by atoms with Crippen molar-refractivity contribution in [2.45, 2.75) is 137 Å². The molecule has 0 aliphatic heterocycles. The van der Waals surface area contributed by atoms with Crippen molar-refractivity contribution >= 4 is 17.9 Å². The van der Waals surface area contributed by atoms with E-state index in [0.717, 1.165) is 57.7 Å². The van der Waals surface area contributed by atoms with Crippen LogP contribution in [0.2, 0.25) is 0 Å². The fourth-order valence-corrected chi connectivity index (χ4v) is 8.48. The first kappa shape index (κ1) is 52.6.